The van der Waals surface area contributed by atoms with Gasteiger partial charge in [-0.2, -0.15) is 0 Å². The van der Waals surface area contributed by atoms with Crippen LogP contribution in [-0.4, -0.2) is 44.3 Å². The Hall–Kier alpha value is -3.95. The second-order valence-corrected chi connectivity index (χ2v) is 13.6. The van der Waals surface area contributed by atoms with Crippen molar-refractivity contribution in [2.24, 2.45) is 0 Å². The molecule has 0 radical (unpaired) electrons. The molecule has 230 valence electrons. The van der Waals surface area contributed by atoms with Crippen molar-refractivity contribution in [3.05, 3.63) is 130 Å². The minimum atomic E-state index is -4.14. The maximum absolute atomic E-state index is 14.5. The number of hydrogen-bond acceptors (Lipinski definition) is 4. The first-order chi connectivity index (χ1) is 21.1. The Morgan fingerprint density at radius 3 is 2.16 bits per heavy atom. The fourth-order valence-corrected chi connectivity index (χ4v) is 6.75. The molecule has 0 heterocycles. The molecule has 44 heavy (non-hydrogen) atoms. The van der Waals surface area contributed by atoms with E-state index in [-0.39, 0.29) is 23.8 Å². The topological polar surface area (TPSA) is 86.8 Å². The summed E-state index contributed by atoms with van der Waals surface area (Å²) in [5, 5.41) is 2.97. The zero-order valence-corrected chi connectivity index (χ0v) is 27.6. The van der Waals surface area contributed by atoms with Crippen LogP contribution < -0.4 is 9.62 Å². The number of anilines is 1. The zero-order valence-electron chi connectivity index (χ0n) is 25.2. The number of hydrogen-bond donors (Lipinski definition) is 1. The molecule has 0 aliphatic rings. The van der Waals surface area contributed by atoms with Crippen LogP contribution in [0.4, 0.5) is 5.69 Å². The molecule has 0 aromatic heterocycles. The minimum Gasteiger partial charge on any atom is -0.354 e. The number of sulfonamides is 1. The fourth-order valence-electron chi connectivity index (χ4n) is 4.90. The third-order valence-electron chi connectivity index (χ3n) is 7.24. The molecule has 9 heteroatoms. The van der Waals surface area contributed by atoms with E-state index in [2.05, 4.69) is 21.2 Å². The van der Waals surface area contributed by atoms with Crippen molar-refractivity contribution in [3.63, 3.8) is 0 Å². The van der Waals surface area contributed by atoms with Crippen LogP contribution in [0.25, 0.3) is 0 Å². The van der Waals surface area contributed by atoms with Crippen LogP contribution >= 0.6 is 15.9 Å². The Balaban J connectivity index is 1.80. The highest BCUT2D eigenvalue weighted by atomic mass is 79.9. The molecule has 0 fully saturated rings. The average molecular weight is 677 g/mol. The van der Waals surface area contributed by atoms with E-state index in [1.165, 1.54) is 4.90 Å². The lowest BCUT2D eigenvalue weighted by Crippen LogP contribution is -2.53. The lowest BCUT2D eigenvalue weighted by molar-refractivity contribution is -0.140. The largest absolute Gasteiger partial charge is 0.354 e. The standard InChI is InChI=1S/C35H38BrN3O4S/c1-4-20-37-35(41)33(23-28-11-6-5-7-12-28)38(24-29-13-9-14-30(36)22-29)34(40)25-39(31-15-8-10-27(3)21-31)44(42,43)32-18-16-26(2)17-19-32/h5-19,21-22,33H,4,20,23-25H2,1-3H3,(H,37,41). The van der Waals surface area contributed by atoms with Gasteiger partial charge in [0.2, 0.25) is 11.8 Å². The van der Waals surface area contributed by atoms with Gasteiger partial charge in [0.15, 0.2) is 0 Å². The minimum absolute atomic E-state index is 0.0810. The van der Waals surface area contributed by atoms with Gasteiger partial charge in [-0.3, -0.25) is 13.9 Å². The summed E-state index contributed by atoms with van der Waals surface area (Å²) in [6.45, 7) is 5.80. The van der Waals surface area contributed by atoms with Gasteiger partial charge in [-0.05, 0) is 73.4 Å². The number of aryl methyl sites for hydroxylation is 2. The van der Waals surface area contributed by atoms with Gasteiger partial charge < -0.3 is 10.2 Å². The Kier molecular flexibility index (Phi) is 11.4. The van der Waals surface area contributed by atoms with Gasteiger partial charge >= 0.3 is 0 Å². The third-order valence-corrected chi connectivity index (χ3v) is 9.52. The normalized spacial score (nSPS) is 11.9. The van der Waals surface area contributed by atoms with Crippen LogP contribution in [0.1, 0.15) is 35.6 Å². The monoisotopic (exact) mass is 675 g/mol. The first-order valence-electron chi connectivity index (χ1n) is 14.6. The number of carbonyl (C=O) groups excluding carboxylic acids is 2. The number of carbonyl (C=O) groups is 2. The molecule has 2 amide bonds. The molecule has 4 aromatic rings. The fraction of sp³-hybridized carbons (Fsp3) is 0.257. The molecule has 4 aromatic carbocycles. The van der Waals surface area contributed by atoms with Crippen molar-refractivity contribution in [2.45, 2.75) is 51.1 Å². The van der Waals surface area contributed by atoms with E-state index >= 15 is 0 Å². The van der Waals surface area contributed by atoms with Crippen molar-refractivity contribution in [1.29, 1.82) is 0 Å². The van der Waals surface area contributed by atoms with Crippen LogP contribution in [-0.2, 0) is 32.6 Å². The zero-order chi connectivity index (χ0) is 31.7. The van der Waals surface area contributed by atoms with Gasteiger partial charge in [0.25, 0.3) is 10.0 Å². The van der Waals surface area contributed by atoms with E-state index in [0.29, 0.717) is 12.2 Å². The van der Waals surface area contributed by atoms with Crippen LogP contribution in [0.3, 0.4) is 0 Å². The molecule has 1 unspecified atom stereocenters. The predicted molar refractivity (Wildman–Crippen MR) is 179 cm³/mol. The number of halogens is 1. The second kappa shape index (κ2) is 15.2. The molecule has 0 saturated carbocycles. The molecule has 7 nitrogen and oxygen atoms in total. The van der Waals surface area contributed by atoms with Gasteiger partial charge in [0.05, 0.1) is 10.6 Å². The van der Waals surface area contributed by atoms with Crippen LogP contribution in [0.15, 0.2) is 112 Å². The maximum Gasteiger partial charge on any atom is 0.264 e. The first-order valence-corrected chi connectivity index (χ1v) is 16.8. The summed E-state index contributed by atoms with van der Waals surface area (Å²) in [7, 11) is -4.14. The Morgan fingerprint density at radius 2 is 1.50 bits per heavy atom. The van der Waals surface area contributed by atoms with Gasteiger partial charge in [-0.1, -0.05) is 95.1 Å². The van der Waals surface area contributed by atoms with Crippen LogP contribution in [0.5, 0.6) is 0 Å². The molecule has 1 N–H and O–H groups in total. The Morgan fingerprint density at radius 1 is 0.818 bits per heavy atom. The van der Waals surface area contributed by atoms with Crippen molar-refractivity contribution in [1.82, 2.24) is 10.2 Å². The van der Waals surface area contributed by atoms with Gasteiger partial charge in [-0.25, -0.2) is 8.42 Å². The number of benzene rings is 4. The molecule has 1 atom stereocenters. The average Bonchev–Trinajstić information content (AvgIpc) is 3.01. The Labute approximate surface area is 269 Å². The SMILES string of the molecule is CCCNC(=O)C(Cc1ccccc1)N(Cc1cccc(Br)c1)C(=O)CN(c1cccc(C)c1)S(=O)(=O)c1ccc(C)cc1. The highest BCUT2D eigenvalue weighted by Crippen LogP contribution is 2.26. The van der Waals surface area contributed by atoms with E-state index < -0.39 is 28.5 Å². The van der Waals surface area contributed by atoms with Crippen molar-refractivity contribution >= 4 is 43.5 Å². The van der Waals surface area contributed by atoms with Crippen molar-refractivity contribution in [3.8, 4) is 0 Å². The van der Waals surface area contributed by atoms with Gasteiger partial charge in [0, 0.05) is 24.0 Å². The highest BCUT2D eigenvalue weighted by molar-refractivity contribution is 9.10. The molecule has 0 spiro atoms. The summed E-state index contributed by atoms with van der Waals surface area (Å²) in [6.07, 6.45) is 1.00. The summed E-state index contributed by atoms with van der Waals surface area (Å²) >= 11 is 3.51. The number of nitrogens with one attached hydrogen (secondary N) is 1. The Bertz CT molecular complexity index is 1680. The van der Waals surface area contributed by atoms with Crippen molar-refractivity contribution < 1.29 is 18.0 Å². The molecular formula is C35H38BrN3O4S. The molecule has 0 aliphatic carbocycles. The second-order valence-electron chi connectivity index (χ2n) is 10.8. The summed E-state index contributed by atoms with van der Waals surface area (Å²) in [5.41, 5.74) is 3.84. The molecular weight excluding hydrogens is 638 g/mol. The predicted octanol–water partition coefficient (Wildman–Crippen LogP) is 6.43. The van der Waals surface area contributed by atoms with Gasteiger partial charge in [0.1, 0.15) is 12.6 Å². The highest BCUT2D eigenvalue weighted by Gasteiger charge is 2.34. The third kappa shape index (κ3) is 8.57. The van der Waals surface area contributed by atoms with E-state index in [4.69, 9.17) is 0 Å². The summed E-state index contributed by atoms with van der Waals surface area (Å²) in [5.74, 6) is -0.780. The molecule has 0 aliphatic heterocycles. The maximum atomic E-state index is 14.5. The number of rotatable bonds is 13. The van der Waals surface area contributed by atoms with E-state index in [1.54, 1.807) is 42.5 Å². The quantitative estimate of drug-likeness (QED) is 0.177. The number of amides is 2. The van der Waals surface area contributed by atoms with E-state index in [9.17, 15) is 18.0 Å². The first kappa shape index (κ1) is 33.0. The summed E-state index contributed by atoms with van der Waals surface area (Å²) in [6, 6.07) is 29.8. The molecule has 0 saturated heterocycles. The lowest BCUT2D eigenvalue weighted by Gasteiger charge is -2.34. The van der Waals surface area contributed by atoms with Crippen LogP contribution in [0, 0.1) is 13.8 Å². The molecule has 4 rings (SSSR count). The number of nitrogens with zero attached hydrogens (tertiary/aromatic N) is 2. The summed E-state index contributed by atoms with van der Waals surface area (Å²) in [4.78, 5) is 29.8. The van der Waals surface area contributed by atoms with E-state index in [0.717, 1.165) is 37.5 Å². The molecule has 0 bridgehead atoms. The van der Waals surface area contributed by atoms with E-state index in [1.807, 2.05) is 81.4 Å². The van der Waals surface area contributed by atoms with Crippen LogP contribution in [0.2, 0.25) is 0 Å². The summed E-state index contributed by atoms with van der Waals surface area (Å²) < 4.78 is 30.2. The van der Waals surface area contributed by atoms with Crippen molar-refractivity contribution in [2.75, 3.05) is 17.4 Å². The smallest absolute Gasteiger partial charge is 0.264 e. The lowest BCUT2D eigenvalue weighted by atomic mass is 10.0. The van der Waals surface area contributed by atoms with Gasteiger partial charge in [-0.15, -0.1) is 0 Å².